The van der Waals surface area contributed by atoms with Gasteiger partial charge in [0.15, 0.2) is 0 Å². The summed E-state index contributed by atoms with van der Waals surface area (Å²) in [6, 6.07) is 14.6. The normalized spacial score (nSPS) is 16.1. The van der Waals surface area contributed by atoms with Gasteiger partial charge in [0.25, 0.3) is 5.91 Å². The van der Waals surface area contributed by atoms with Crippen LogP contribution in [0.4, 0.5) is 11.8 Å². The highest BCUT2D eigenvalue weighted by Crippen LogP contribution is 2.34. The molecule has 0 spiro atoms. The van der Waals surface area contributed by atoms with Gasteiger partial charge < -0.3 is 10.6 Å². The van der Waals surface area contributed by atoms with E-state index in [4.69, 9.17) is 0 Å². The van der Waals surface area contributed by atoms with Crippen LogP contribution < -0.4 is 10.6 Å². The molecule has 8 heteroatoms. The van der Waals surface area contributed by atoms with E-state index in [1.54, 1.807) is 23.0 Å². The van der Waals surface area contributed by atoms with E-state index in [0.29, 0.717) is 23.0 Å². The molecular weight excluding hydrogens is 318 g/mol. The van der Waals surface area contributed by atoms with Gasteiger partial charge in [-0.2, -0.15) is 4.68 Å². The number of carbonyl (C=O) groups excluding carboxylic acids is 1. The second-order valence-electron chi connectivity index (χ2n) is 5.59. The molecule has 0 radical (unpaired) electrons. The Balaban J connectivity index is 1.77. The average Bonchev–Trinajstić information content (AvgIpc) is 3.10. The monoisotopic (exact) mass is 333 g/mol. The zero-order chi connectivity index (χ0) is 17.2. The number of allylic oxidation sites excluding steroid dienone is 1. The Morgan fingerprint density at radius 2 is 1.96 bits per heavy atom. The van der Waals surface area contributed by atoms with Crippen molar-refractivity contribution in [3.63, 3.8) is 0 Å². The van der Waals surface area contributed by atoms with Crippen molar-refractivity contribution in [3.8, 4) is 0 Å². The Morgan fingerprint density at radius 1 is 1.16 bits per heavy atom. The summed E-state index contributed by atoms with van der Waals surface area (Å²) in [5.41, 5.74) is 2.16. The molecule has 2 aromatic heterocycles. The van der Waals surface area contributed by atoms with Crippen molar-refractivity contribution < 1.29 is 4.79 Å². The number of benzene rings is 1. The van der Waals surface area contributed by atoms with E-state index in [1.807, 2.05) is 43.3 Å². The predicted octanol–water partition coefficient (Wildman–Crippen LogP) is 2.00. The molecule has 1 amide bonds. The van der Waals surface area contributed by atoms with Crippen LogP contribution in [0.3, 0.4) is 0 Å². The topological polar surface area (TPSA) is 97.6 Å². The minimum Gasteiger partial charge on any atom is -0.326 e. The zero-order valence-electron chi connectivity index (χ0n) is 13.4. The molecule has 0 aliphatic carbocycles. The van der Waals surface area contributed by atoms with Crippen LogP contribution in [0.15, 0.2) is 66.0 Å². The van der Waals surface area contributed by atoms with Gasteiger partial charge in [0, 0.05) is 11.9 Å². The van der Waals surface area contributed by atoms with Gasteiger partial charge in [0.05, 0.1) is 5.57 Å². The van der Waals surface area contributed by atoms with E-state index < -0.39 is 6.04 Å². The van der Waals surface area contributed by atoms with Crippen molar-refractivity contribution in [1.29, 1.82) is 0 Å². The van der Waals surface area contributed by atoms with Gasteiger partial charge >= 0.3 is 0 Å². The molecule has 0 saturated carbocycles. The van der Waals surface area contributed by atoms with E-state index in [9.17, 15) is 4.79 Å². The number of fused-ring (bicyclic) bond motifs is 1. The Hall–Kier alpha value is -3.55. The van der Waals surface area contributed by atoms with E-state index in [2.05, 4.69) is 31.1 Å². The molecule has 2 N–H and O–H groups in total. The maximum absolute atomic E-state index is 13.0. The summed E-state index contributed by atoms with van der Waals surface area (Å²) in [6.45, 7) is 1.83. The van der Waals surface area contributed by atoms with Crippen molar-refractivity contribution in [2.24, 2.45) is 0 Å². The molecule has 124 valence electrons. The highest BCUT2D eigenvalue weighted by molar-refractivity contribution is 6.05. The standard InChI is InChI=1S/C17H15N7O/c1-11-14(16(25)20-13-9-5-6-10-18-13)15(12-7-3-2-4-8-12)24-17(19-11)21-22-23-24/h2-10,15H,1H3,(H,18,20,25)(H,19,21,23). The van der Waals surface area contributed by atoms with Crippen molar-refractivity contribution >= 4 is 17.7 Å². The minimum atomic E-state index is -0.420. The fourth-order valence-corrected chi connectivity index (χ4v) is 2.87. The second-order valence-corrected chi connectivity index (χ2v) is 5.59. The number of pyridine rings is 1. The van der Waals surface area contributed by atoms with Crippen LogP contribution in [-0.4, -0.2) is 31.1 Å². The summed E-state index contributed by atoms with van der Waals surface area (Å²) in [5, 5.41) is 17.7. The Kier molecular flexibility index (Phi) is 3.70. The number of nitrogens with zero attached hydrogens (tertiary/aromatic N) is 5. The lowest BCUT2D eigenvalue weighted by atomic mass is 9.95. The van der Waals surface area contributed by atoms with Gasteiger partial charge in [0.2, 0.25) is 5.95 Å². The van der Waals surface area contributed by atoms with Gasteiger partial charge in [-0.1, -0.05) is 41.5 Å². The molecule has 0 bridgehead atoms. The largest absolute Gasteiger partial charge is 0.326 e. The van der Waals surface area contributed by atoms with Crippen LogP contribution in [0.2, 0.25) is 0 Å². The van der Waals surface area contributed by atoms with Crippen LogP contribution in [0.25, 0.3) is 0 Å². The van der Waals surface area contributed by atoms with E-state index in [1.165, 1.54) is 0 Å². The minimum absolute atomic E-state index is 0.251. The fourth-order valence-electron chi connectivity index (χ4n) is 2.87. The maximum atomic E-state index is 13.0. The highest BCUT2D eigenvalue weighted by atomic mass is 16.1. The SMILES string of the molecule is CC1=C(C(=O)Nc2ccccn2)C(c2ccccc2)n2nnnc2N1. The molecule has 4 rings (SSSR count). The first-order valence-electron chi connectivity index (χ1n) is 7.77. The van der Waals surface area contributed by atoms with Gasteiger partial charge in [-0.25, -0.2) is 4.98 Å². The van der Waals surface area contributed by atoms with E-state index >= 15 is 0 Å². The third-order valence-corrected chi connectivity index (χ3v) is 3.98. The summed E-state index contributed by atoms with van der Waals surface area (Å²) in [5.74, 6) is 0.738. The Morgan fingerprint density at radius 3 is 2.72 bits per heavy atom. The average molecular weight is 333 g/mol. The number of rotatable bonds is 3. The first-order chi connectivity index (χ1) is 12.2. The summed E-state index contributed by atoms with van der Waals surface area (Å²) in [4.78, 5) is 17.1. The van der Waals surface area contributed by atoms with Crippen molar-refractivity contribution in [2.75, 3.05) is 10.6 Å². The third kappa shape index (κ3) is 2.74. The lowest BCUT2D eigenvalue weighted by molar-refractivity contribution is -0.113. The number of tetrazole rings is 1. The first kappa shape index (κ1) is 15.0. The van der Waals surface area contributed by atoms with Crippen LogP contribution in [0.5, 0.6) is 0 Å². The number of aromatic nitrogens is 5. The molecule has 1 aliphatic rings. The number of anilines is 2. The van der Waals surface area contributed by atoms with E-state index in [0.717, 1.165) is 5.56 Å². The molecule has 0 fully saturated rings. The van der Waals surface area contributed by atoms with Crippen molar-refractivity contribution in [1.82, 2.24) is 25.2 Å². The van der Waals surface area contributed by atoms with Crippen LogP contribution in [-0.2, 0) is 4.79 Å². The number of hydrogen-bond acceptors (Lipinski definition) is 6. The second kappa shape index (κ2) is 6.16. The quantitative estimate of drug-likeness (QED) is 0.761. The number of carbonyl (C=O) groups is 1. The molecule has 1 aliphatic heterocycles. The van der Waals surface area contributed by atoms with Gasteiger partial charge in [-0.3, -0.25) is 4.79 Å². The Labute approximate surface area is 143 Å². The highest BCUT2D eigenvalue weighted by Gasteiger charge is 2.33. The molecule has 3 heterocycles. The summed E-state index contributed by atoms with van der Waals surface area (Å²) >= 11 is 0. The Bertz CT molecular complexity index is 934. The van der Waals surface area contributed by atoms with Crippen LogP contribution >= 0.6 is 0 Å². The lowest BCUT2D eigenvalue weighted by Gasteiger charge is -2.27. The summed E-state index contributed by atoms with van der Waals surface area (Å²) in [6.07, 6.45) is 1.63. The van der Waals surface area contributed by atoms with Crippen molar-refractivity contribution in [2.45, 2.75) is 13.0 Å². The number of nitrogens with one attached hydrogen (secondary N) is 2. The predicted molar refractivity (Wildman–Crippen MR) is 91.6 cm³/mol. The number of amides is 1. The lowest BCUT2D eigenvalue weighted by Crippen LogP contribution is -2.31. The van der Waals surface area contributed by atoms with Gasteiger partial charge in [-0.15, -0.1) is 0 Å². The van der Waals surface area contributed by atoms with Gasteiger partial charge in [-0.05, 0) is 35.0 Å². The number of hydrogen-bond donors (Lipinski definition) is 2. The summed E-state index contributed by atoms with van der Waals surface area (Å²) in [7, 11) is 0. The molecule has 1 aromatic carbocycles. The summed E-state index contributed by atoms with van der Waals surface area (Å²) < 4.78 is 1.61. The van der Waals surface area contributed by atoms with Crippen molar-refractivity contribution in [3.05, 3.63) is 71.6 Å². The van der Waals surface area contributed by atoms with E-state index in [-0.39, 0.29) is 5.91 Å². The molecule has 3 aromatic rings. The molecule has 0 saturated heterocycles. The van der Waals surface area contributed by atoms with Gasteiger partial charge in [0.1, 0.15) is 11.9 Å². The molecule has 1 unspecified atom stereocenters. The molecule has 25 heavy (non-hydrogen) atoms. The van der Waals surface area contributed by atoms with Crippen LogP contribution in [0, 0.1) is 0 Å². The smallest absolute Gasteiger partial charge is 0.257 e. The molecule has 8 nitrogen and oxygen atoms in total. The molecule has 1 atom stereocenters. The molecular formula is C17H15N7O. The first-order valence-corrected chi connectivity index (χ1v) is 7.77. The maximum Gasteiger partial charge on any atom is 0.257 e. The zero-order valence-corrected chi connectivity index (χ0v) is 13.4. The van der Waals surface area contributed by atoms with Crippen LogP contribution in [0.1, 0.15) is 18.5 Å². The fraction of sp³-hybridized carbons (Fsp3) is 0.118. The third-order valence-electron chi connectivity index (χ3n) is 3.98.